The highest BCUT2D eigenvalue weighted by Gasteiger charge is 2.27. The first kappa shape index (κ1) is 9.07. The zero-order valence-electron chi connectivity index (χ0n) is 7.94. The number of allylic oxidation sites excluding steroid dienone is 5. The molecule has 1 heteroatoms. The Bertz CT molecular complexity index is 367. The average Bonchev–Trinajstić information content (AvgIpc) is 2.55. The third-order valence-corrected chi connectivity index (χ3v) is 2.29. The van der Waals surface area contributed by atoms with Gasteiger partial charge >= 0.3 is 0 Å². The van der Waals surface area contributed by atoms with Crippen LogP contribution in [0, 0.1) is 13.3 Å². The van der Waals surface area contributed by atoms with Crippen LogP contribution < -0.4 is 0 Å². The Kier molecular flexibility index (Phi) is 2.40. The quantitative estimate of drug-likeness (QED) is 0.641. The van der Waals surface area contributed by atoms with E-state index in [0.29, 0.717) is 0 Å². The van der Waals surface area contributed by atoms with E-state index in [4.69, 9.17) is 4.74 Å². The zero-order chi connectivity index (χ0) is 9.97. The molecule has 0 saturated heterocycles. The lowest BCUT2D eigenvalue weighted by Crippen LogP contribution is -2.03. The summed E-state index contributed by atoms with van der Waals surface area (Å²) in [6.45, 7) is 7.48. The van der Waals surface area contributed by atoms with Crippen molar-refractivity contribution in [3.63, 3.8) is 0 Å². The summed E-state index contributed by atoms with van der Waals surface area (Å²) in [7, 11) is 0. The maximum absolute atomic E-state index is 5.72. The topological polar surface area (TPSA) is 9.23 Å². The Hall–Kier alpha value is -1.50. The summed E-state index contributed by atoms with van der Waals surface area (Å²) >= 11 is 0. The van der Waals surface area contributed by atoms with Crippen LogP contribution in [-0.4, -0.2) is 6.10 Å². The predicted molar refractivity (Wildman–Crippen MR) is 58.1 cm³/mol. The van der Waals surface area contributed by atoms with Crippen LogP contribution in [-0.2, 0) is 4.74 Å². The van der Waals surface area contributed by atoms with Crippen molar-refractivity contribution in [2.45, 2.75) is 6.10 Å². The van der Waals surface area contributed by atoms with Crippen molar-refractivity contribution in [3.05, 3.63) is 73.3 Å². The second-order valence-electron chi connectivity index (χ2n) is 3.12. The lowest BCUT2D eigenvalue weighted by molar-refractivity contribution is 0.214. The molecule has 0 aromatic rings. The van der Waals surface area contributed by atoms with Crippen LogP contribution in [0.25, 0.3) is 0 Å². The van der Waals surface area contributed by atoms with E-state index in [-0.39, 0.29) is 6.10 Å². The van der Waals surface area contributed by atoms with Gasteiger partial charge in [-0.3, -0.25) is 0 Å². The third kappa shape index (κ3) is 1.35. The van der Waals surface area contributed by atoms with Gasteiger partial charge in [-0.05, 0) is 19.1 Å². The molecule has 2 aliphatic rings. The Labute approximate surface area is 84.8 Å². The molecule has 2 rings (SSSR count). The number of hydrogen-bond acceptors (Lipinski definition) is 1. The smallest absolute Gasteiger partial charge is 0.142 e. The average molecular weight is 184 g/mol. The molecule has 2 radical (unpaired) electrons. The van der Waals surface area contributed by atoms with Gasteiger partial charge in [0, 0.05) is 17.6 Å². The normalized spacial score (nSPS) is 24.9. The number of ether oxygens (including phenoxy) is 1. The minimum atomic E-state index is -0.0256. The van der Waals surface area contributed by atoms with Crippen molar-refractivity contribution < 1.29 is 4.74 Å². The summed E-state index contributed by atoms with van der Waals surface area (Å²) in [6.07, 6.45) is 13.5. The predicted octanol–water partition coefficient (Wildman–Crippen LogP) is 2.92. The molecule has 0 bridgehead atoms. The lowest BCUT2D eigenvalue weighted by Gasteiger charge is -2.08. The largest absolute Gasteiger partial charge is 0.481 e. The van der Waals surface area contributed by atoms with E-state index in [0.717, 1.165) is 16.9 Å². The van der Waals surface area contributed by atoms with Crippen molar-refractivity contribution in [2.24, 2.45) is 0 Å². The summed E-state index contributed by atoms with van der Waals surface area (Å²) in [4.78, 5) is 0. The molecule has 1 heterocycles. The van der Waals surface area contributed by atoms with Gasteiger partial charge in [-0.15, -0.1) is 0 Å². The summed E-state index contributed by atoms with van der Waals surface area (Å²) in [6, 6.07) is 0. The molecule has 0 fully saturated rings. The Morgan fingerprint density at radius 2 is 2.21 bits per heavy atom. The van der Waals surface area contributed by atoms with Crippen LogP contribution >= 0.6 is 0 Å². The van der Waals surface area contributed by atoms with Gasteiger partial charge in [-0.25, -0.2) is 0 Å². The summed E-state index contributed by atoms with van der Waals surface area (Å²) in [5.41, 5.74) is 2.24. The second kappa shape index (κ2) is 3.70. The van der Waals surface area contributed by atoms with Crippen LogP contribution in [0.1, 0.15) is 0 Å². The van der Waals surface area contributed by atoms with E-state index in [2.05, 4.69) is 13.5 Å². The maximum Gasteiger partial charge on any atom is 0.142 e. The van der Waals surface area contributed by atoms with Gasteiger partial charge < -0.3 is 4.74 Å². The molecule has 0 aromatic carbocycles. The summed E-state index contributed by atoms with van der Waals surface area (Å²) in [5, 5.41) is 0. The number of rotatable bonds is 2. The van der Waals surface area contributed by atoms with Crippen LogP contribution in [0.2, 0.25) is 0 Å². The molecule has 1 unspecified atom stereocenters. The minimum Gasteiger partial charge on any atom is -0.481 e. The molecule has 1 aliphatic heterocycles. The van der Waals surface area contributed by atoms with Gasteiger partial charge in [0.05, 0.1) is 0 Å². The zero-order valence-corrected chi connectivity index (χ0v) is 7.94. The number of hydrogen-bond donors (Lipinski definition) is 0. The Morgan fingerprint density at radius 3 is 2.93 bits per heavy atom. The molecular weight excluding hydrogens is 172 g/mol. The van der Waals surface area contributed by atoms with Crippen LogP contribution in [0.4, 0.5) is 0 Å². The van der Waals surface area contributed by atoms with E-state index < -0.39 is 0 Å². The van der Waals surface area contributed by atoms with Gasteiger partial charge in [0.1, 0.15) is 11.9 Å². The molecule has 1 nitrogen and oxygen atoms in total. The standard InChI is InChI=1S/C13H12O/c1-3-7-12-10(4-2)11-8-5-6-9-13(11)14-12/h3-9,12H,1-2H2/b7-3-. The van der Waals surface area contributed by atoms with Gasteiger partial charge in [-0.2, -0.15) is 0 Å². The molecule has 0 N–H and O–H groups in total. The van der Waals surface area contributed by atoms with Gasteiger partial charge in [0.25, 0.3) is 0 Å². The fraction of sp³-hybridized carbons (Fsp3) is 0.0769. The van der Waals surface area contributed by atoms with Gasteiger partial charge in [-0.1, -0.05) is 30.9 Å². The van der Waals surface area contributed by atoms with Crippen LogP contribution in [0.5, 0.6) is 0 Å². The third-order valence-electron chi connectivity index (χ3n) is 2.29. The SMILES string of the molecule is [CH2]/C=C\C1OC2=CC=C[CH]C2=C1C=C. The molecule has 1 atom stereocenters. The van der Waals surface area contributed by atoms with Crippen LogP contribution in [0.3, 0.4) is 0 Å². The molecule has 0 spiro atoms. The van der Waals surface area contributed by atoms with Gasteiger partial charge in [0.2, 0.25) is 0 Å². The Balaban J connectivity index is 2.39. The first-order chi connectivity index (χ1) is 6.86. The highest BCUT2D eigenvalue weighted by Crippen LogP contribution is 2.35. The molecule has 0 aromatic heterocycles. The molecule has 0 saturated carbocycles. The Morgan fingerprint density at radius 1 is 1.36 bits per heavy atom. The van der Waals surface area contributed by atoms with Crippen LogP contribution in [0.15, 0.2) is 59.9 Å². The lowest BCUT2D eigenvalue weighted by atomic mass is 9.99. The molecule has 70 valence electrons. The van der Waals surface area contributed by atoms with E-state index in [1.54, 1.807) is 6.08 Å². The molecule has 0 amide bonds. The first-order valence-corrected chi connectivity index (χ1v) is 4.58. The minimum absolute atomic E-state index is 0.0256. The summed E-state index contributed by atoms with van der Waals surface area (Å²) in [5.74, 6) is 0.922. The van der Waals surface area contributed by atoms with Crippen molar-refractivity contribution in [1.82, 2.24) is 0 Å². The first-order valence-electron chi connectivity index (χ1n) is 4.58. The van der Waals surface area contributed by atoms with E-state index in [1.165, 1.54) is 0 Å². The molecule has 1 aliphatic carbocycles. The van der Waals surface area contributed by atoms with Crippen molar-refractivity contribution in [2.75, 3.05) is 0 Å². The summed E-state index contributed by atoms with van der Waals surface area (Å²) < 4.78 is 5.72. The van der Waals surface area contributed by atoms with E-state index in [1.807, 2.05) is 36.8 Å². The van der Waals surface area contributed by atoms with Crippen molar-refractivity contribution >= 4 is 0 Å². The number of fused-ring (bicyclic) bond motifs is 1. The fourth-order valence-corrected chi connectivity index (χ4v) is 1.65. The monoisotopic (exact) mass is 184 g/mol. The van der Waals surface area contributed by atoms with Gasteiger partial charge in [0.15, 0.2) is 0 Å². The molecular formula is C13H12O. The fourth-order valence-electron chi connectivity index (χ4n) is 1.65. The molecule has 14 heavy (non-hydrogen) atoms. The van der Waals surface area contributed by atoms with Crippen molar-refractivity contribution in [1.29, 1.82) is 0 Å². The highest BCUT2D eigenvalue weighted by molar-refractivity contribution is 5.54. The van der Waals surface area contributed by atoms with E-state index >= 15 is 0 Å². The second-order valence-corrected chi connectivity index (χ2v) is 3.12. The van der Waals surface area contributed by atoms with E-state index in [9.17, 15) is 0 Å². The highest BCUT2D eigenvalue weighted by atomic mass is 16.5. The maximum atomic E-state index is 5.72. The van der Waals surface area contributed by atoms with Crippen molar-refractivity contribution in [3.8, 4) is 0 Å².